The number of hydrogen-bond acceptors (Lipinski definition) is 7. The van der Waals surface area contributed by atoms with Gasteiger partial charge in [0.15, 0.2) is 11.5 Å². The Labute approximate surface area is 240 Å². The Morgan fingerprint density at radius 2 is 1.79 bits per heavy atom. The smallest absolute Gasteiger partial charge is 0.416 e. The van der Waals surface area contributed by atoms with Crippen LogP contribution in [0.1, 0.15) is 39.5 Å². The highest BCUT2D eigenvalue weighted by Gasteiger charge is 2.31. The fourth-order valence-electron chi connectivity index (χ4n) is 4.34. The van der Waals surface area contributed by atoms with Gasteiger partial charge in [0, 0.05) is 16.8 Å². The van der Waals surface area contributed by atoms with Crippen LogP contribution in [0.5, 0.6) is 17.2 Å². The second-order valence-electron chi connectivity index (χ2n) is 9.47. The van der Waals surface area contributed by atoms with Crippen molar-refractivity contribution in [3.8, 4) is 17.2 Å². The molecule has 2 amide bonds. The summed E-state index contributed by atoms with van der Waals surface area (Å²) in [5.74, 6) is -0.156. The summed E-state index contributed by atoms with van der Waals surface area (Å²) in [7, 11) is 1.46. The van der Waals surface area contributed by atoms with Crippen LogP contribution in [0, 0.1) is 6.92 Å². The zero-order chi connectivity index (χ0) is 30.4. The van der Waals surface area contributed by atoms with Gasteiger partial charge in [-0.1, -0.05) is 6.07 Å². The molecule has 0 atom stereocenters. The van der Waals surface area contributed by atoms with E-state index in [1.807, 2.05) is 0 Å². The predicted octanol–water partition coefficient (Wildman–Crippen LogP) is 6.12. The van der Waals surface area contributed by atoms with E-state index in [9.17, 15) is 27.6 Å². The van der Waals surface area contributed by atoms with Gasteiger partial charge in [-0.2, -0.15) is 13.2 Å². The zero-order valence-electron chi connectivity index (χ0n) is 23.2. The summed E-state index contributed by atoms with van der Waals surface area (Å²) in [5.41, 5.74) is 0.567. The van der Waals surface area contributed by atoms with Crippen LogP contribution in [0.25, 0.3) is 0 Å². The number of nitrogens with zero attached hydrogens (tertiary/aromatic N) is 1. The van der Waals surface area contributed by atoms with Crippen LogP contribution in [0.4, 0.5) is 23.7 Å². The molecule has 0 spiro atoms. The van der Waals surface area contributed by atoms with Gasteiger partial charge < -0.3 is 29.2 Å². The molecule has 3 aromatic rings. The molecule has 42 heavy (non-hydrogen) atoms. The van der Waals surface area contributed by atoms with Crippen LogP contribution >= 0.6 is 0 Å². The molecule has 12 heteroatoms. The van der Waals surface area contributed by atoms with Crippen molar-refractivity contribution in [2.45, 2.75) is 33.0 Å². The fraction of sp³-hybridized carbons (Fsp3) is 0.300. The molecule has 1 saturated heterocycles. The Bertz CT molecular complexity index is 1490. The molecule has 1 aliphatic heterocycles. The molecule has 4 rings (SSSR count). The number of nitrogens with one attached hydrogen (secondary N) is 1. The van der Waals surface area contributed by atoms with E-state index < -0.39 is 29.7 Å². The minimum atomic E-state index is -4.60. The number of ether oxygens (including phenoxy) is 4. The van der Waals surface area contributed by atoms with Crippen molar-refractivity contribution in [2.24, 2.45) is 0 Å². The van der Waals surface area contributed by atoms with Crippen molar-refractivity contribution in [1.82, 2.24) is 4.90 Å². The number of carbonyl (C=O) groups is 3. The Balaban J connectivity index is 1.64. The van der Waals surface area contributed by atoms with Gasteiger partial charge in [0.1, 0.15) is 12.4 Å². The molecule has 0 radical (unpaired) electrons. The normalized spacial score (nSPS) is 13.0. The number of carbonyl (C=O) groups excluding carboxylic acids is 3. The molecular formula is C30H29F3N2O7. The van der Waals surface area contributed by atoms with Crippen molar-refractivity contribution in [3.63, 3.8) is 0 Å². The van der Waals surface area contributed by atoms with Crippen LogP contribution in [-0.2, 0) is 33.4 Å². The van der Waals surface area contributed by atoms with Gasteiger partial charge in [-0.15, -0.1) is 0 Å². The summed E-state index contributed by atoms with van der Waals surface area (Å²) in [5, 5.41) is 2.62. The molecule has 0 bridgehead atoms. The minimum absolute atomic E-state index is 0.0145. The summed E-state index contributed by atoms with van der Waals surface area (Å²) >= 11 is 0. The first-order valence-corrected chi connectivity index (χ1v) is 13.0. The number of alkyl halides is 3. The largest absolute Gasteiger partial charge is 0.493 e. The number of amides is 2. The van der Waals surface area contributed by atoms with Crippen molar-refractivity contribution in [1.29, 1.82) is 0 Å². The number of esters is 1. The molecule has 1 heterocycles. The maximum absolute atomic E-state index is 13.3. The molecule has 0 saturated carbocycles. The SMILES string of the molecule is CCOC(=O)Cc1ccc(OC)c(Oc2ccc(NC(=O)c3cc(C)cc(C(F)(F)F)c3)cc2CN2CCOC2=O)c1. The molecular weight excluding hydrogens is 557 g/mol. The second kappa shape index (κ2) is 12.8. The molecule has 0 aliphatic carbocycles. The van der Waals surface area contributed by atoms with E-state index in [2.05, 4.69) is 5.32 Å². The number of aryl methyl sites for hydroxylation is 1. The maximum atomic E-state index is 13.3. The average molecular weight is 587 g/mol. The van der Waals surface area contributed by atoms with Crippen LogP contribution in [0.15, 0.2) is 54.6 Å². The first-order chi connectivity index (χ1) is 20.0. The van der Waals surface area contributed by atoms with Gasteiger partial charge >= 0.3 is 18.2 Å². The first-order valence-electron chi connectivity index (χ1n) is 13.0. The lowest BCUT2D eigenvalue weighted by Gasteiger charge is -2.19. The van der Waals surface area contributed by atoms with Crippen LogP contribution in [0.3, 0.4) is 0 Å². The fourth-order valence-corrected chi connectivity index (χ4v) is 4.34. The highest BCUT2D eigenvalue weighted by atomic mass is 19.4. The minimum Gasteiger partial charge on any atom is -0.493 e. The number of methoxy groups -OCH3 is 1. The summed E-state index contributed by atoms with van der Waals surface area (Å²) in [6.45, 7) is 4.04. The van der Waals surface area contributed by atoms with E-state index in [0.717, 1.165) is 12.1 Å². The second-order valence-corrected chi connectivity index (χ2v) is 9.47. The summed E-state index contributed by atoms with van der Waals surface area (Å²) in [6.07, 6.45) is -5.11. The summed E-state index contributed by atoms with van der Waals surface area (Å²) in [4.78, 5) is 38.6. The Morgan fingerprint density at radius 3 is 2.45 bits per heavy atom. The van der Waals surface area contributed by atoms with E-state index in [4.69, 9.17) is 18.9 Å². The summed E-state index contributed by atoms with van der Waals surface area (Å²) in [6, 6.07) is 12.7. The van der Waals surface area contributed by atoms with Gasteiger partial charge in [-0.3, -0.25) is 9.59 Å². The standard InChI is InChI=1S/C30H29F3N2O7/c1-4-40-27(36)14-19-5-7-25(39-3)26(13-19)42-24-8-6-23(16-21(24)17-35-9-10-41-29(35)38)34-28(37)20-11-18(2)12-22(15-20)30(31,32)33/h5-8,11-13,15-16H,4,9-10,14,17H2,1-3H3,(H,34,37). The van der Waals surface area contributed by atoms with Crippen molar-refractivity contribution < 1.29 is 46.5 Å². The molecule has 3 aromatic carbocycles. The molecule has 1 N–H and O–H groups in total. The highest BCUT2D eigenvalue weighted by Crippen LogP contribution is 2.36. The third-order valence-corrected chi connectivity index (χ3v) is 6.29. The van der Waals surface area contributed by atoms with Gasteiger partial charge in [-0.05, 0) is 73.5 Å². The predicted molar refractivity (Wildman–Crippen MR) is 146 cm³/mol. The van der Waals surface area contributed by atoms with E-state index in [1.54, 1.807) is 37.3 Å². The number of benzene rings is 3. The van der Waals surface area contributed by atoms with Gasteiger partial charge in [-0.25, -0.2) is 4.79 Å². The first kappa shape index (κ1) is 30.2. The van der Waals surface area contributed by atoms with E-state index in [0.29, 0.717) is 34.9 Å². The molecule has 222 valence electrons. The van der Waals surface area contributed by atoms with Gasteiger partial charge in [0.2, 0.25) is 0 Å². The van der Waals surface area contributed by atoms with Crippen molar-refractivity contribution in [2.75, 3.05) is 32.2 Å². The van der Waals surface area contributed by atoms with Gasteiger partial charge in [0.05, 0.1) is 38.8 Å². The number of halogens is 3. The lowest BCUT2D eigenvalue weighted by molar-refractivity contribution is -0.142. The Kier molecular flexibility index (Phi) is 9.24. The Hall–Kier alpha value is -4.74. The lowest BCUT2D eigenvalue weighted by Crippen LogP contribution is -2.24. The van der Waals surface area contributed by atoms with Gasteiger partial charge in [0.25, 0.3) is 5.91 Å². The lowest BCUT2D eigenvalue weighted by atomic mass is 10.1. The Morgan fingerprint density at radius 1 is 1.02 bits per heavy atom. The number of cyclic esters (lactones) is 1. The number of anilines is 1. The van der Waals surface area contributed by atoms with Crippen LogP contribution in [0.2, 0.25) is 0 Å². The molecule has 1 aliphatic rings. The van der Waals surface area contributed by atoms with Crippen molar-refractivity contribution >= 4 is 23.7 Å². The monoisotopic (exact) mass is 586 g/mol. The maximum Gasteiger partial charge on any atom is 0.416 e. The highest BCUT2D eigenvalue weighted by molar-refractivity contribution is 6.04. The average Bonchev–Trinajstić information content (AvgIpc) is 3.33. The topological polar surface area (TPSA) is 103 Å². The molecule has 9 nitrogen and oxygen atoms in total. The van der Waals surface area contributed by atoms with Crippen LogP contribution in [-0.4, -0.2) is 49.7 Å². The number of hydrogen-bond donors (Lipinski definition) is 1. The van der Waals surface area contributed by atoms with E-state index >= 15 is 0 Å². The van der Waals surface area contributed by atoms with Crippen LogP contribution < -0.4 is 14.8 Å². The third-order valence-electron chi connectivity index (χ3n) is 6.29. The van der Waals surface area contributed by atoms with Crippen molar-refractivity contribution in [3.05, 3.63) is 82.4 Å². The zero-order valence-corrected chi connectivity index (χ0v) is 23.2. The van der Waals surface area contributed by atoms with E-state index in [1.165, 1.54) is 31.1 Å². The molecule has 1 fully saturated rings. The third kappa shape index (κ3) is 7.50. The van der Waals surface area contributed by atoms with E-state index in [-0.39, 0.29) is 43.0 Å². The molecule has 0 unspecified atom stereocenters. The molecule has 0 aromatic heterocycles. The summed E-state index contributed by atoms with van der Waals surface area (Å²) < 4.78 is 61.5. The number of rotatable bonds is 10. The quantitative estimate of drug-likeness (QED) is 0.285.